The molecule has 0 saturated heterocycles. The average molecular weight is 224 g/mol. The lowest BCUT2D eigenvalue weighted by Gasteiger charge is -2.08. The molecule has 8 heteroatoms. The molecule has 1 aromatic heterocycles. The molecule has 0 aliphatic carbocycles. The smallest absolute Gasteiger partial charge is 0.404 e. The average Bonchev–Trinajstić information content (AvgIpc) is 2.05. The second kappa shape index (κ2) is 3.71. The number of nitrogens with zero attached hydrogens (tertiary/aromatic N) is 1. The molecular formula is C7H4F4N2O2. The zero-order valence-electron chi connectivity index (χ0n) is 7.01. The zero-order valence-corrected chi connectivity index (χ0v) is 7.01. The molecule has 1 heterocycles. The number of carbonyl (C=O) groups is 1. The fraction of sp³-hybridized carbons (Fsp3) is 0.143. The fourth-order valence-corrected chi connectivity index (χ4v) is 0.791. The number of ether oxygens (including phenoxy) is 1. The number of alkyl halides is 3. The van der Waals surface area contributed by atoms with Gasteiger partial charge in [0, 0.05) is 0 Å². The number of amides is 1. The Morgan fingerprint density at radius 1 is 1.47 bits per heavy atom. The third kappa shape index (κ3) is 3.08. The SMILES string of the molecule is NC(=O)c1cc(OC(F)(F)F)cnc1F. The van der Waals surface area contributed by atoms with Gasteiger partial charge in [-0.05, 0) is 6.07 Å². The molecule has 0 saturated carbocycles. The van der Waals surface area contributed by atoms with Crippen LogP contribution in [0.1, 0.15) is 10.4 Å². The minimum atomic E-state index is -4.94. The van der Waals surface area contributed by atoms with E-state index in [0.717, 1.165) is 0 Å². The van der Waals surface area contributed by atoms with Crippen LogP contribution in [0.4, 0.5) is 17.6 Å². The number of hydrogen-bond donors (Lipinski definition) is 1. The van der Waals surface area contributed by atoms with E-state index in [1.54, 1.807) is 0 Å². The second-order valence-electron chi connectivity index (χ2n) is 2.42. The Bertz CT molecular complexity index is 391. The highest BCUT2D eigenvalue weighted by molar-refractivity contribution is 5.93. The molecule has 0 bridgehead atoms. The lowest BCUT2D eigenvalue weighted by Crippen LogP contribution is -2.19. The minimum Gasteiger partial charge on any atom is -0.404 e. The minimum absolute atomic E-state index is 0.495. The van der Waals surface area contributed by atoms with Crippen LogP contribution in [0.25, 0.3) is 0 Å². The van der Waals surface area contributed by atoms with Crippen molar-refractivity contribution in [1.82, 2.24) is 4.98 Å². The lowest BCUT2D eigenvalue weighted by atomic mass is 10.2. The zero-order chi connectivity index (χ0) is 11.6. The van der Waals surface area contributed by atoms with Crippen LogP contribution in [-0.4, -0.2) is 17.3 Å². The van der Waals surface area contributed by atoms with Crippen LogP contribution < -0.4 is 10.5 Å². The molecule has 82 valence electrons. The molecule has 2 N–H and O–H groups in total. The normalized spacial score (nSPS) is 11.2. The van der Waals surface area contributed by atoms with Crippen molar-refractivity contribution in [3.05, 3.63) is 23.8 Å². The first-order chi connectivity index (χ1) is 6.79. The van der Waals surface area contributed by atoms with Crippen LogP contribution in [0.5, 0.6) is 5.75 Å². The first-order valence-corrected chi connectivity index (χ1v) is 3.50. The number of hydrogen-bond acceptors (Lipinski definition) is 3. The standard InChI is InChI=1S/C7H4F4N2O2/c8-5-4(6(12)14)1-3(2-13-5)15-7(9,10)11/h1-2H,(H2,12,14). The van der Waals surface area contributed by atoms with E-state index in [1.807, 2.05) is 0 Å². The van der Waals surface area contributed by atoms with Gasteiger partial charge in [0.25, 0.3) is 5.91 Å². The quantitative estimate of drug-likeness (QED) is 0.606. The Morgan fingerprint density at radius 2 is 2.07 bits per heavy atom. The van der Waals surface area contributed by atoms with Gasteiger partial charge in [-0.3, -0.25) is 4.79 Å². The van der Waals surface area contributed by atoms with Crippen LogP contribution in [0, 0.1) is 5.95 Å². The first-order valence-electron chi connectivity index (χ1n) is 3.50. The van der Waals surface area contributed by atoms with E-state index in [4.69, 9.17) is 5.73 Å². The molecule has 4 nitrogen and oxygen atoms in total. The summed E-state index contributed by atoms with van der Waals surface area (Å²) in [5.41, 5.74) is 3.92. The van der Waals surface area contributed by atoms with Crippen molar-refractivity contribution in [3.63, 3.8) is 0 Å². The molecule has 0 atom stereocenters. The van der Waals surface area contributed by atoms with E-state index in [0.29, 0.717) is 12.3 Å². The van der Waals surface area contributed by atoms with Crippen LogP contribution in [0.2, 0.25) is 0 Å². The van der Waals surface area contributed by atoms with Crippen LogP contribution >= 0.6 is 0 Å². The van der Waals surface area contributed by atoms with Crippen molar-refractivity contribution in [1.29, 1.82) is 0 Å². The number of aromatic nitrogens is 1. The molecule has 0 unspecified atom stereocenters. The predicted octanol–water partition coefficient (Wildman–Crippen LogP) is 1.22. The molecule has 0 radical (unpaired) electrons. The van der Waals surface area contributed by atoms with E-state index in [-0.39, 0.29) is 0 Å². The van der Waals surface area contributed by atoms with Crippen molar-refractivity contribution in [2.45, 2.75) is 6.36 Å². The summed E-state index contributed by atoms with van der Waals surface area (Å²) in [5.74, 6) is -3.29. The summed E-state index contributed by atoms with van der Waals surface area (Å²) in [4.78, 5) is 13.4. The van der Waals surface area contributed by atoms with Gasteiger partial charge in [-0.15, -0.1) is 13.2 Å². The van der Waals surface area contributed by atoms with Crippen LogP contribution in [0.15, 0.2) is 12.3 Å². The van der Waals surface area contributed by atoms with Crippen molar-refractivity contribution < 1.29 is 27.1 Å². The monoisotopic (exact) mass is 224 g/mol. The number of nitrogens with two attached hydrogens (primary N) is 1. The molecule has 0 fully saturated rings. The summed E-state index contributed by atoms with van der Waals surface area (Å²) in [6.07, 6.45) is -4.44. The fourth-order valence-electron chi connectivity index (χ4n) is 0.791. The van der Waals surface area contributed by atoms with Crippen molar-refractivity contribution in [3.8, 4) is 5.75 Å². The van der Waals surface area contributed by atoms with Gasteiger partial charge in [-0.1, -0.05) is 0 Å². The topological polar surface area (TPSA) is 65.2 Å². The van der Waals surface area contributed by atoms with Gasteiger partial charge in [0.2, 0.25) is 5.95 Å². The summed E-state index contributed by atoms with van der Waals surface area (Å²) in [5, 5.41) is 0. The van der Waals surface area contributed by atoms with Gasteiger partial charge < -0.3 is 10.5 Å². The molecule has 1 rings (SSSR count). The summed E-state index contributed by atoms with van der Waals surface area (Å²) in [6, 6.07) is 0.526. The molecule has 1 aromatic rings. The Morgan fingerprint density at radius 3 is 2.53 bits per heavy atom. The molecule has 0 aliphatic rings. The first kappa shape index (κ1) is 11.2. The number of rotatable bonds is 2. The molecule has 0 spiro atoms. The Labute approximate surface area is 80.7 Å². The molecule has 0 aliphatic heterocycles. The Hall–Kier alpha value is -1.86. The summed E-state index contributed by atoms with van der Waals surface area (Å²) >= 11 is 0. The van der Waals surface area contributed by atoms with Gasteiger partial charge in [0.05, 0.1) is 11.8 Å². The predicted molar refractivity (Wildman–Crippen MR) is 39.4 cm³/mol. The van der Waals surface area contributed by atoms with Crippen LogP contribution in [-0.2, 0) is 0 Å². The molecule has 15 heavy (non-hydrogen) atoms. The van der Waals surface area contributed by atoms with E-state index in [2.05, 4.69) is 9.72 Å². The second-order valence-corrected chi connectivity index (χ2v) is 2.42. The van der Waals surface area contributed by atoms with Crippen molar-refractivity contribution in [2.24, 2.45) is 5.73 Å². The highest BCUT2D eigenvalue weighted by Crippen LogP contribution is 2.23. The third-order valence-electron chi connectivity index (χ3n) is 1.31. The van der Waals surface area contributed by atoms with E-state index < -0.39 is 29.5 Å². The summed E-state index contributed by atoms with van der Waals surface area (Å²) < 4.78 is 51.3. The molecule has 1 amide bonds. The molecular weight excluding hydrogens is 220 g/mol. The summed E-state index contributed by atoms with van der Waals surface area (Å²) in [7, 11) is 0. The highest BCUT2D eigenvalue weighted by Gasteiger charge is 2.31. The summed E-state index contributed by atoms with van der Waals surface area (Å²) in [6.45, 7) is 0. The van der Waals surface area contributed by atoms with Gasteiger partial charge >= 0.3 is 6.36 Å². The van der Waals surface area contributed by atoms with E-state index in [9.17, 15) is 22.4 Å². The Kier molecular flexibility index (Phi) is 2.78. The van der Waals surface area contributed by atoms with Crippen molar-refractivity contribution in [2.75, 3.05) is 0 Å². The lowest BCUT2D eigenvalue weighted by molar-refractivity contribution is -0.274. The maximum absolute atomic E-state index is 12.7. The van der Waals surface area contributed by atoms with Gasteiger partial charge in [-0.2, -0.15) is 4.39 Å². The van der Waals surface area contributed by atoms with Gasteiger partial charge in [-0.25, -0.2) is 4.98 Å². The van der Waals surface area contributed by atoms with E-state index in [1.165, 1.54) is 0 Å². The van der Waals surface area contributed by atoms with Gasteiger partial charge in [0.15, 0.2) is 0 Å². The maximum atomic E-state index is 12.7. The van der Waals surface area contributed by atoms with Crippen LogP contribution in [0.3, 0.4) is 0 Å². The number of halogens is 4. The number of primary amides is 1. The third-order valence-corrected chi connectivity index (χ3v) is 1.31. The number of carbonyl (C=O) groups excluding carboxylic acids is 1. The van der Waals surface area contributed by atoms with E-state index >= 15 is 0 Å². The van der Waals surface area contributed by atoms with Gasteiger partial charge in [0.1, 0.15) is 5.75 Å². The highest BCUT2D eigenvalue weighted by atomic mass is 19.4. The maximum Gasteiger partial charge on any atom is 0.573 e. The van der Waals surface area contributed by atoms with Crippen molar-refractivity contribution >= 4 is 5.91 Å². The molecule has 0 aromatic carbocycles. The number of pyridine rings is 1. The largest absolute Gasteiger partial charge is 0.573 e. The Balaban J connectivity index is 3.03.